The Morgan fingerprint density at radius 1 is 1.36 bits per heavy atom. The molecule has 0 aliphatic heterocycles. The number of hydrogen-bond acceptors (Lipinski definition) is 1. The van der Waals surface area contributed by atoms with Crippen LogP contribution in [0.2, 0.25) is 0 Å². The molecule has 0 amide bonds. The minimum atomic E-state index is 0.0981. The Balaban J connectivity index is 2.32. The highest BCUT2D eigenvalue weighted by Gasteiger charge is 2.14. The highest BCUT2D eigenvalue weighted by Crippen LogP contribution is 2.26. The van der Waals surface area contributed by atoms with E-state index in [-0.39, 0.29) is 5.92 Å². The van der Waals surface area contributed by atoms with Gasteiger partial charge < -0.3 is 4.79 Å². The van der Waals surface area contributed by atoms with Crippen LogP contribution in [0.15, 0.2) is 18.2 Å². The van der Waals surface area contributed by atoms with Crippen LogP contribution in [0.3, 0.4) is 0 Å². The second-order valence-electron chi connectivity index (χ2n) is 4.03. The third-order valence-corrected chi connectivity index (χ3v) is 3.15. The van der Waals surface area contributed by atoms with Crippen LogP contribution in [0.25, 0.3) is 0 Å². The number of fused-ring (bicyclic) bond motifs is 1. The topological polar surface area (TPSA) is 17.1 Å². The lowest BCUT2D eigenvalue weighted by Crippen LogP contribution is -1.99. The van der Waals surface area contributed by atoms with E-state index in [4.69, 9.17) is 0 Å². The minimum Gasteiger partial charge on any atom is -0.303 e. The molecule has 0 heterocycles. The Labute approximate surface area is 85.1 Å². The molecule has 0 bridgehead atoms. The molecule has 1 unspecified atom stereocenters. The Hall–Kier alpha value is -1.11. The van der Waals surface area contributed by atoms with Gasteiger partial charge in [0.1, 0.15) is 6.29 Å². The maximum atomic E-state index is 10.8. The van der Waals surface area contributed by atoms with Gasteiger partial charge in [-0.15, -0.1) is 0 Å². The third-order valence-electron chi connectivity index (χ3n) is 3.15. The first kappa shape index (κ1) is 9.45. The first-order chi connectivity index (χ1) is 6.85. The summed E-state index contributed by atoms with van der Waals surface area (Å²) in [5.74, 6) is 0.0981. The molecule has 1 nitrogen and oxygen atoms in total. The summed E-state index contributed by atoms with van der Waals surface area (Å²) < 4.78 is 0. The Morgan fingerprint density at radius 3 is 2.86 bits per heavy atom. The van der Waals surface area contributed by atoms with E-state index in [9.17, 15) is 4.79 Å². The smallest absolute Gasteiger partial charge is 0.127 e. The molecule has 0 fully saturated rings. The largest absolute Gasteiger partial charge is 0.303 e. The molecule has 74 valence electrons. The van der Waals surface area contributed by atoms with Crippen molar-refractivity contribution in [2.24, 2.45) is 0 Å². The van der Waals surface area contributed by atoms with Crippen LogP contribution in [0.4, 0.5) is 0 Å². The van der Waals surface area contributed by atoms with Crippen molar-refractivity contribution in [2.45, 2.75) is 38.5 Å². The van der Waals surface area contributed by atoms with Gasteiger partial charge in [0, 0.05) is 5.92 Å². The lowest BCUT2D eigenvalue weighted by atomic mass is 9.95. The van der Waals surface area contributed by atoms with Gasteiger partial charge in [0.05, 0.1) is 0 Å². The number of benzene rings is 1. The quantitative estimate of drug-likeness (QED) is 0.667. The van der Waals surface area contributed by atoms with E-state index in [1.54, 1.807) is 0 Å². The van der Waals surface area contributed by atoms with E-state index >= 15 is 0 Å². The maximum absolute atomic E-state index is 10.8. The van der Waals surface area contributed by atoms with Crippen LogP contribution in [0, 0.1) is 0 Å². The normalized spacial score (nSPS) is 16.4. The van der Waals surface area contributed by atoms with Gasteiger partial charge in [0.2, 0.25) is 0 Å². The number of aryl methyl sites for hydroxylation is 2. The van der Waals surface area contributed by atoms with Crippen molar-refractivity contribution in [3.8, 4) is 0 Å². The number of rotatable bonds is 3. The van der Waals surface area contributed by atoms with E-state index in [2.05, 4.69) is 25.1 Å². The van der Waals surface area contributed by atoms with Crippen molar-refractivity contribution in [1.29, 1.82) is 0 Å². The Bertz CT molecular complexity index is 341. The molecule has 0 N–H and O–H groups in total. The zero-order valence-corrected chi connectivity index (χ0v) is 8.62. The fourth-order valence-corrected chi connectivity index (χ4v) is 2.23. The van der Waals surface area contributed by atoms with E-state index in [1.807, 2.05) is 0 Å². The van der Waals surface area contributed by atoms with Crippen LogP contribution in [0.1, 0.15) is 42.4 Å². The predicted molar refractivity (Wildman–Crippen MR) is 57.6 cm³/mol. The molecule has 1 aromatic rings. The number of aldehydes is 1. The zero-order chi connectivity index (χ0) is 9.97. The number of carbonyl (C=O) groups excluding carboxylic acids is 1. The third kappa shape index (κ3) is 1.59. The monoisotopic (exact) mass is 188 g/mol. The summed E-state index contributed by atoms with van der Waals surface area (Å²) in [6, 6.07) is 6.54. The minimum absolute atomic E-state index is 0.0981. The molecular formula is C13H16O. The maximum Gasteiger partial charge on any atom is 0.127 e. The second kappa shape index (κ2) is 3.95. The summed E-state index contributed by atoms with van der Waals surface area (Å²) in [6.45, 7) is 2.06. The molecule has 1 heteroatoms. The van der Waals surface area contributed by atoms with Gasteiger partial charge in [0.15, 0.2) is 0 Å². The highest BCUT2D eigenvalue weighted by atomic mass is 16.1. The number of hydrogen-bond donors (Lipinski definition) is 0. The standard InChI is InChI=1S/C13H16O/c1-2-10(9-14)13-7-6-11-4-3-5-12(11)8-13/h6-10H,2-5H2,1H3. The van der Waals surface area contributed by atoms with Crippen molar-refractivity contribution >= 4 is 6.29 Å². The van der Waals surface area contributed by atoms with Gasteiger partial charge in [0.25, 0.3) is 0 Å². The molecule has 1 aliphatic carbocycles. The van der Waals surface area contributed by atoms with Crippen molar-refractivity contribution < 1.29 is 4.79 Å². The van der Waals surface area contributed by atoms with Crippen LogP contribution in [-0.4, -0.2) is 6.29 Å². The Kier molecular flexibility index (Phi) is 2.67. The molecule has 0 spiro atoms. The average molecular weight is 188 g/mol. The summed E-state index contributed by atoms with van der Waals surface area (Å²) in [5, 5.41) is 0. The van der Waals surface area contributed by atoms with Crippen LogP contribution in [-0.2, 0) is 17.6 Å². The summed E-state index contributed by atoms with van der Waals surface area (Å²) in [4.78, 5) is 10.8. The molecule has 0 aromatic heterocycles. The fourth-order valence-electron chi connectivity index (χ4n) is 2.23. The molecule has 1 atom stereocenters. The zero-order valence-electron chi connectivity index (χ0n) is 8.62. The van der Waals surface area contributed by atoms with Crippen molar-refractivity contribution in [2.75, 3.05) is 0 Å². The molecule has 0 saturated heterocycles. The fraction of sp³-hybridized carbons (Fsp3) is 0.462. The van der Waals surface area contributed by atoms with Crippen molar-refractivity contribution in [1.82, 2.24) is 0 Å². The molecule has 2 rings (SSSR count). The average Bonchev–Trinajstić information content (AvgIpc) is 2.66. The second-order valence-corrected chi connectivity index (χ2v) is 4.03. The molecule has 0 saturated carbocycles. The first-order valence-corrected chi connectivity index (χ1v) is 5.42. The molecular weight excluding hydrogens is 172 g/mol. The molecule has 1 aliphatic rings. The predicted octanol–water partition coefficient (Wildman–Crippen LogP) is 2.87. The first-order valence-electron chi connectivity index (χ1n) is 5.42. The van der Waals surface area contributed by atoms with Gasteiger partial charge in [-0.1, -0.05) is 25.1 Å². The van der Waals surface area contributed by atoms with Crippen LogP contribution in [0.5, 0.6) is 0 Å². The van der Waals surface area contributed by atoms with Crippen molar-refractivity contribution in [3.05, 3.63) is 34.9 Å². The van der Waals surface area contributed by atoms with Gasteiger partial charge in [-0.2, -0.15) is 0 Å². The van der Waals surface area contributed by atoms with E-state index < -0.39 is 0 Å². The van der Waals surface area contributed by atoms with E-state index in [0.29, 0.717) is 0 Å². The SMILES string of the molecule is CCC(C=O)c1ccc2c(c1)CCC2. The summed E-state index contributed by atoms with van der Waals surface area (Å²) >= 11 is 0. The lowest BCUT2D eigenvalue weighted by Gasteiger charge is -2.09. The molecule has 0 radical (unpaired) electrons. The Morgan fingerprint density at radius 2 is 2.14 bits per heavy atom. The molecule has 1 aromatic carbocycles. The van der Waals surface area contributed by atoms with Crippen LogP contribution < -0.4 is 0 Å². The summed E-state index contributed by atoms with van der Waals surface area (Å²) in [6.07, 6.45) is 5.65. The van der Waals surface area contributed by atoms with Gasteiger partial charge in [-0.3, -0.25) is 0 Å². The highest BCUT2D eigenvalue weighted by molar-refractivity contribution is 5.62. The van der Waals surface area contributed by atoms with Crippen LogP contribution >= 0.6 is 0 Å². The van der Waals surface area contributed by atoms with Crippen molar-refractivity contribution in [3.63, 3.8) is 0 Å². The van der Waals surface area contributed by atoms with E-state index in [0.717, 1.165) is 12.7 Å². The summed E-state index contributed by atoms with van der Waals surface area (Å²) in [7, 11) is 0. The van der Waals surface area contributed by atoms with Gasteiger partial charge >= 0.3 is 0 Å². The molecule has 14 heavy (non-hydrogen) atoms. The number of carbonyl (C=O) groups is 1. The summed E-state index contributed by atoms with van der Waals surface area (Å²) in [5.41, 5.74) is 4.14. The van der Waals surface area contributed by atoms with Gasteiger partial charge in [-0.25, -0.2) is 0 Å². The van der Waals surface area contributed by atoms with Gasteiger partial charge in [-0.05, 0) is 42.4 Å². The van der Waals surface area contributed by atoms with E-state index in [1.165, 1.54) is 36.0 Å². The lowest BCUT2D eigenvalue weighted by molar-refractivity contribution is -0.109.